The summed E-state index contributed by atoms with van der Waals surface area (Å²) in [4.78, 5) is 26.0. The van der Waals surface area contributed by atoms with Gasteiger partial charge in [-0.2, -0.15) is 13.2 Å². The van der Waals surface area contributed by atoms with Crippen LogP contribution in [0, 0.1) is 5.41 Å². The van der Waals surface area contributed by atoms with Crippen LogP contribution in [-0.4, -0.2) is 71.4 Å². The van der Waals surface area contributed by atoms with Gasteiger partial charge in [-0.15, -0.1) is 0 Å². The Kier molecular flexibility index (Phi) is 7.06. The summed E-state index contributed by atoms with van der Waals surface area (Å²) in [5, 5.41) is 16.2. The number of carboxylic acids is 1. The van der Waals surface area contributed by atoms with Crippen LogP contribution in [0.4, 0.5) is 13.2 Å². The fourth-order valence-electron chi connectivity index (χ4n) is 3.79. The number of aliphatic hydroxyl groups excluding tert-OH is 1. The number of halogens is 3. The number of hydrogen-bond donors (Lipinski definition) is 2. The van der Waals surface area contributed by atoms with Crippen molar-refractivity contribution in [3.05, 3.63) is 35.4 Å². The normalized spacial score (nSPS) is 19.5. The summed E-state index contributed by atoms with van der Waals surface area (Å²) < 4.78 is 31.7. The highest BCUT2D eigenvalue weighted by atomic mass is 19.4. The maximum Gasteiger partial charge on any atom is 0.490 e. The summed E-state index contributed by atoms with van der Waals surface area (Å²) in [7, 11) is 1.92. The number of nitrogens with zero attached hydrogens (tertiary/aromatic N) is 2. The van der Waals surface area contributed by atoms with Gasteiger partial charge in [-0.25, -0.2) is 4.79 Å². The molecule has 2 aliphatic heterocycles. The molecule has 2 heterocycles. The van der Waals surface area contributed by atoms with Crippen molar-refractivity contribution in [3.8, 4) is 0 Å². The number of hydrogen-bond acceptors (Lipinski definition) is 4. The van der Waals surface area contributed by atoms with E-state index < -0.39 is 12.1 Å². The van der Waals surface area contributed by atoms with E-state index in [9.17, 15) is 18.0 Å². The zero-order chi connectivity index (χ0) is 20.9. The van der Waals surface area contributed by atoms with Crippen LogP contribution in [0.2, 0.25) is 0 Å². The molecule has 3 rings (SSSR count). The second-order valence-electron chi connectivity index (χ2n) is 7.26. The third kappa shape index (κ3) is 5.23. The van der Waals surface area contributed by atoms with Crippen LogP contribution >= 0.6 is 0 Å². The summed E-state index contributed by atoms with van der Waals surface area (Å²) in [6.45, 7) is 3.45. The van der Waals surface area contributed by atoms with E-state index in [1.807, 2.05) is 11.9 Å². The molecule has 0 aliphatic carbocycles. The molecule has 0 saturated carbocycles. The molecular formula is C19H25F3N2O4. The standard InChI is InChI=1S/C17H24N2O2.C2HF3O2/c1-18-13-15-5-3-2-4-14(15)12-17(16(18)21)6-8-19(9-7-17)10-11-20;3-2(4,5)1(6)7/h2-5,20H,6-13H2,1H3;(H,6,7). The lowest BCUT2D eigenvalue weighted by Crippen LogP contribution is -2.49. The van der Waals surface area contributed by atoms with Crippen molar-refractivity contribution in [1.82, 2.24) is 9.80 Å². The molecule has 9 heteroatoms. The van der Waals surface area contributed by atoms with E-state index in [0.29, 0.717) is 5.91 Å². The molecule has 1 amide bonds. The van der Waals surface area contributed by atoms with Crippen molar-refractivity contribution in [2.45, 2.75) is 32.0 Å². The number of likely N-dealkylation sites (tertiary alicyclic amines) is 1. The highest BCUT2D eigenvalue weighted by Gasteiger charge is 2.44. The van der Waals surface area contributed by atoms with Crippen LogP contribution in [0.25, 0.3) is 0 Å². The first-order valence-electron chi connectivity index (χ1n) is 9.05. The van der Waals surface area contributed by atoms with Crippen LogP contribution in [0.3, 0.4) is 0 Å². The predicted octanol–water partition coefficient (Wildman–Crippen LogP) is 1.91. The Morgan fingerprint density at radius 2 is 1.71 bits per heavy atom. The topological polar surface area (TPSA) is 81.1 Å². The van der Waals surface area contributed by atoms with E-state index >= 15 is 0 Å². The summed E-state index contributed by atoms with van der Waals surface area (Å²) in [6.07, 6.45) is -2.44. The highest BCUT2D eigenvalue weighted by molar-refractivity contribution is 5.83. The zero-order valence-corrected chi connectivity index (χ0v) is 15.7. The monoisotopic (exact) mass is 402 g/mol. The maximum atomic E-state index is 12.9. The number of carboxylic acid groups (broad SMARTS) is 1. The second-order valence-corrected chi connectivity index (χ2v) is 7.26. The molecule has 0 bridgehead atoms. The van der Waals surface area contributed by atoms with Gasteiger partial charge in [0.2, 0.25) is 5.91 Å². The summed E-state index contributed by atoms with van der Waals surface area (Å²) in [5.41, 5.74) is 2.36. The summed E-state index contributed by atoms with van der Waals surface area (Å²) in [6, 6.07) is 8.44. The van der Waals surface area contributed by atoms with Crippen molar-refractivity contribution in [1.29, 1.82) is 0 Å². The molecule has 0 atom stereocenters. The minimum absolute atomic E-state index is 0.198. The van der Waals surface area contributed by atoms with Gasteiger partial charge in [0.25, 0.3) is 0 Å². The van der Waals surface area contributed by atoms with Crippen LogP contribution in [-0.2, 0) is 22.6 Å². The Balaban J connectivity index is 0.000000345. The van der Waals surface area contributed by atoms with Crippen molar-refractivity contribution in [3.63, 3.8) is 0 Å². The van der Waals surface area contributed by atoms with Gasteiger partial charge in [-0.3, -0.25) is 4.79 Å². The van der Waals surface area contributed by atoms with Gasteiger partial charge in [0.15, 0.2) is 0 Å². The fourth-order valence-corrected chi connectivity index (χ4v) is 3.79. The lowest BCUT2D eigenvalue weighted by atomic mass is 9.73. The van der Waals surface area contributed by atoms with Gasteiger partial charge in [0.05, 0.1) is 12.0 Å². The van der Waals surface area contributed by atoms with E-state index in [-0.39, 0.29) is 12.0 Å². The summed E-state index contributed by atoms with van der Waals surface area (Å²) in [5.74, 6) is -2.46. The van der Waals surface area contributed by atoms with E-state index in [4.69, 9.17) is 15.0 Å². The second kappa shape index (κ2) is 8.91. The molecule has 2 aliphatic rings. The summed E-state index contributed by atoms with van der Waals surface area (Å²) >= 11 is 0. The molecule has 1 saturated heterocycles. The molecule has 6 nitrogen and oxygen atoms in total. The van der Waals surface area contributed by atoms with E-state index in [2.05, 4.69) is 29.2 Å². The Morgan fingerprint density at radius 1 is 1.18 bits per heavy atom. The van der Waals surface area contributed by atoms with Crippen LogP contribution in [0.15, 0.2) is 24.3 Å². The average molecular weight is 402 g/mol. The molecule has 1 fully saturated rings. The number of piperidine rings is 1. The lowest BCUT2D eigenvalue weighted by Gasteiger charge is -2.41. The number of alkyl halides is 3. The Labute approximate surface area is 161 Å². The largest absolute Gasteiger partial charge is 0.490 e. The van der Waals surface area contributed by atoms with Gasteiger partial charge in [0.1, 0.15) is 0 Å². The number of aliphatic carboxylic acids is 1. The third-order valence-electron chi connectivity index (χ3n) is 5.33. The molecule has 1 aromatic rings. The first-order chi connectivity index (χ1) is 13.1. The van der Waals surface area contributed by atoms with Crippen molar-refractivity contribution in [2.24, 2.45) is 5.41 Å². The Morgan fingerprint density at radius 3 is 2.21 bits per heavy atom. The number of carbonyl (C=O) groups excluding carboxylic acids is 1. The van der Waals surface area contributed by atoms with Gasteiger partial charge in [-0.1, -0.05) is 24.3 Å². The Bertz CT molecular complexity index is 701. The van der Waals surface area contributed by atoms with Crippen LogP contribution in [0.5, 0.6) is 0 Å². The number of fused-ring (bicyclic) bond motifs is 1. The number of benzene rings is 1. The van der Waals surface area contributed by atoms with Crippen molar-refractivity contribution < 1.29 is 33.0 Å². The van der Waals surface area contributed by atoms with Gasteiger partial charge in [-0.05, 0) is 43.5 Å². The first-order valence-corrected chi connectivity index (χ1v) is 9.05. The van der Waals surface area contributed by atoms with Crippen LogP contribution < -0.4 is 0 Å². The number of rotatable bonds is 2. The zero-order valence-electron chi connectivity index (χ0n) is 15.7. The average Bonchev–Trinajstić information content (AvgIpc) is 2.73. The SMILES string of the molecule is CN1Cc2ccccc2CC2(CCN(CCO)CC2)C1=O.O=C(O)C(F)(F)F. The number of aliphatic hydroxyl groups is 1. The van der Waals surface area contributed by atoms with Crippen molar-refractivity contribution >= 4 is 11.9 Å². The quantitative estimate of drug-likeness (QED) is 0.790. The smallest absolute Gasteiger partial charge is 0.475 e. The van der Waals surface area contributed by atoms with Gasteiger partial charge in [0, 0.05) is 20.1 Å². The molecule has 0 aromatic heterocycles. The molecule has 156 valence electrons. The van der Waals surface area contributed by atoms with E-state index in [0.717, 1.165) is 45.4 Å². The molecule has 2 N–H and O–H groups in total. The van der Waals surface area contributed by atoms with Gasteiger partial charge >= 0.3 is 12.1 Å². The minimum Gasteiger partial charge on any atom is -0.475 e. The lowest BCUT2D eigenvalue weighted by molar-refractivity contribution is -0.192. The third-order valence-corrected chi connectivity index (χ3v) is 5.33. The molecule has 0 radical (unpaired) electrons. The number of amides is 1. The highest BCUT2D eigenvalue weighted by Crippen LogP contribution is 2.40. The number of β-amino-alcohol motifs (C(OH)–C–C–N with tert-alkyl or cyclic N) is 1. The fraction of sp³-hybridized carbons (Fsp3) is 0.579. The number of carbonyl (C=O) groups is 2. The van der Waals surface area contributed by atoms with Crippen LogP contribution in [0.1, 0.15) is 24.0 Å². The maximum absolute atomic E-state index is 12.9. The van der Waals surface area contributed by atoms with E-state index in [1.54, 1.807) is 0 Å². The van der Waals surface area contributed by atoms with Crippen molar-refractivity contribution in [2.75, 3.05) is 33.3 Å². The van der Waals surface area contributed by atoms with E-state index in [1.165, 1.54) is 11.1 Å². The first kappa shape index (κ1) is 22.2. The minimum atomic E-state index is -5.08. The predicted molar refractivity (Wildman–Crippen MR) is 95.5 cm³/mol. The van der Waals surface area contributed by atoms with Gasteiger partial charge < -0.3 is 20.0 Å². The molecule has 28 heavy (non-hydrogen) atoms. The molecule has 1 aromatic carbocycles. The molecule has 1 spiro atoms. The molecule has 0 unspecified atom stereocenters. The Hall–Kier alpha value is -2.13. The molecular weight excluding hydrogens is 377 g/mol.